The quantitative estimate of drug-likeness (QED) is 0.284. The van der Waals surface area contributed by atoms with Gasteiger partial charge in [-0.1, -0.05) is 30.3 Å². The summed E-state index contributed by atoms with van der Waals surface area (Å²) in [6.45, 7) is 9.26. The highest BCUT2D eigenvalue weighted by atomic mass is 35.5. The van der Waals surface area contributed by atoms with Gasteiger partial charge in [0, 0.05) is 44.6 Å². The molecule has 214 valence electrons. The van der Waals surface area contributed by atoms with E-state index in [0.717, 1.165) is 17.5 Å². The van der Waals surface area contributed by atoms with Gasteiger partial charge in [-0.25, -0.2) is 4.98 Å². The Bertz CT molecular complexity index is 1440. The highest BCUT2D eigenvalue weighted by Gasteiger charge is 2.34. The minimum atomic E-state index is -1.01. The SMILES string of the molecule is C=CC(=O)NC(C)(C)C(=O)N1CCN(c2ccc(Nc3ncc(Cl)c(Nc4ccccc4C(=O)NC)n3)cc2)CC1. The second kappa shape index (κ2) is 12.7. The lowest BCUT2D eigenvalue weighted by atomic mass is 10.0. The lowest BCUT2D eigenvalue weighted by Crippen LogP contribution is -2.59. The number of nitrogens with zero attached hydrogens (tertiary/aromatic N) is 4. The molecule has 3 aromatic rings. The predicted molar refractivity (Wildman–Crippen MR) is 161 cm³/mol. The van der Waals surface area contributed by atoms with Gasteiger partial charge in [0.15, 0.2) is 5.82 Å². The van der Waals surface area contributed by atoms with Crippen molar-refractivity contribution < 1.29 is 14.4 Å². The smallest absolute Gasteiger partial charge is 0.253 e. The number of piperazine rings is 1. The number of rotatable bonds is 9. The molecular formula is C29H33ClN8O3. The summed E-state index contributed by atoms with van der Waals surface area (Å²) in [5.41, 5.74) is 1.82. The Morgan fingerprint density at radius 3 is 2.34 bits per heavy atom. The number of para-hydroxylation sites is 1. The first-order valence-electron chi connectivity index (χ1n) is 13.1. The molecule has 3 amide bonds. The van der Waals surface area contributed by atoms with Crippen molar-refractivity contribution in [2.75, 3.05) is 48.8 Å². The van der Waals surface area contributed by atoms with Crippen LogP contribution >= 0.6 is 11.6 Å². The first-order chi connectivity index (χ1) is 19.6. The summed E-state index contributed by atoms with van der Waals surface area (Å²) in [5, 5.41) is 11.9. The van der Waals surface area contributed by atoms with Gasteiger partial charge >= 0.3 is 0 Å². The lowest BCUT2D eigenvalue weighted by Gasteiger charge is -2.39. The number of benzene rings is 2. The van der Waals surface area contributed by atoms with Crippen molar-refractivity contribution in [1.29, 1.82) is 0 Å². The minimum Gasteiger partial charge on any atom is -0.368 e. The number of carbonyl (C=O) groups excluding carboxylic acids is 3. The third kappa shape index (κ3) is 7.12. The summed E-state index contributed by atoms with van der Waals surface area (Å²) >= 11 is 6.34. The number of halogens is 1. The fourth-order valence-electron chi connectivity index (χ4n) is 4.43. The van der Waals surface area contributed by atoms with Crippen molar-refractivity contribution in [2.24, 2.45) is 0 Å². The molecule has 4 N–H and O–H groups in total. The molecule has 0 saturated carbocycles. The molecule has 1 aliphatic rings. The summed E-state index contributed by atoms with van der Waals surface area (Å²) in [6, 6.07) is 14.9. The van der Waals surface area contributed by atoms with Crippen LogP contribution in [0.15, 0.2) is 67.4 Å². The van der Waals surface area contributed by atoms with Gasteiger partial charge < -0.3 is 31.1 Å². The summed E-state index contributed by atoms with van der Waals surface area (Å²) in [7, 11) is 1.57. The van der Waals surface area contributed by atoms with Crippen LogP contribution in [0.25, 0.3) is 0 Å². The van der Waals surface area contributed by atoms with Crippen molar-refractivity contribution in [3.63, 3.8) is 0 Å². The largest absolute Gasteiger partial charge is 0.368 e. The second-order valence-corrected chi connectivity index (χ2v) is 10.3. The number of hydrogen-bond donors (Lipinski definition) is 4. The summed E-state index contributed by atoms with van der Waals surface area (Å²) in [4.78, 5) is 49.6. The monoisotopic (exact) mass is 576 g/mol. The molecule has 0 bridgehead atoms. The number of hydrogen-bond acceptors (Lipinski definition) is 8. The Morgan fingerprint density at radius 2 is 1.68 bits per heavy atom. The van der Waals surface area contributed by atoms with Crippen LogP contribution in [0.1, 0.15) is 24.2 Å². The number of carbonyl (C=O) groups is 3. The molecule has 2 heterocycles. The van der Waals surface area contributed by atoms with Gasteiger partial charge in [0.25, 0.3) is 5.91 Å². The van der Waals surface area contributed by atoms with Gasteiger partial charge in [-0.05, 0) is 56.3 Å². The first kappa shape index (κ1) is 29.3. The molecule has 12 heteroatoms. The Balaban J connectivity index is 1.38. The molecular weight excluding hydrogens is 544 g/mol. The van der Waals surface area contributed by atoms with E-state index >= 15 is 0 Å². The van der Waals surface area contributed by atoms with E-state index in [9.17, 15) is 14.4 Å². The van der Waals surface area contributed by atoms with Crippen molar-refractivity contribution >= 4 is 58.2 Å². The van der Waals surface area contributed by atoms with Crippen molar-refractivity contribution in [2.45, 2.75) is 19.4 Å². The number of aromatic nitrogens is 2. The topological polar surface area (TPSA) is 132 Å². The maximum absolute atomic E-state index is 12.9. The fraction of sp³-hybridized carbons (Fsp3) is 0.276. The molecule has 0 atom stereocenters. The van der Waals surface area contributed by atoms with Gasteiger partial charge in [-0.15, -0.1) is 0 Å². The average molecular weight is 577 g/mol. The molecule has 0 unspecified atom stereocenters. The van der Waals surface area contributed by atoms with Gasteiger partial charge in [-0.2, -0.15) is 4.98 Å². The van der Waals surface area contributed by atoms with Gasteiger partial charge in [0.2, 0.25) is 17.8 Å². The van der Waals surface area contributed by atoms with Crippen molar-refractivity contribution in [3.05, 3.63) is 78.0 Å². The van der Waals surface area contributed by atoms with Gasteiger partial charge in [-0.3, -0.25) is 14.4 Å². The van der Waals surface area contributed by atoms with Crippen LogP contribution in [0.4, 0.5) is 28.8 Å². The zero-order valence-electron chi connectivity index (χ0n) is 23.2. The van der Waals surface area contributed by atoms with Crippen LogP contribution in [-0.4, -0.2) is 71.4 Å². The Morgan fingerprint density at radius 1 is 1.00 bits per heavy atom. The van der Waals surface area contributed by atoms with E-state index in [-0.39, 0.29) is 17.7 Å². The standard InChI is InChI=1S/C29H33ClN8O3/c1-5-24(39)36-29(2,3)27(41)38-16-14-37(15-17-38)20-12-10-19(11-13-20)33-28-32-18-22(30)25(35-28)34-23-9-7-6-8-21(23)26(40)31-4/h5-13,18H,1,14-17H2,2-4H3,(H,31,40)(H,36,39)(H2,32,33,34,35). The van der Waals surface area contributed by atoms with E-state index < -0.39 is 5.54 Å². The molecule has 4 rings (SSSR count). The average Bonchev–Trinajstić information content (AvgIpc) is 2.98. The zero-order chi connectivity index (χ0) is 29.6. The lowest BCUT2D eigenvalue weighted by molar-refractivity contribution is -0.139. The van der Waals surface area contributed by atoms with E-state index in [0.29, 0.717) is 54.2 Å². The molecule has 1 saturated heterocycles. The van der Waals surface area contributed by atoms with Gasteiger partial charge in [0.05, 0.1) is 17.4 Å². The van der Waals surface area contributed by atoms with E-state index in [1.54, 1.807) is 44.0 Å². The molecule has 1 aliphatic heterocycles. The highest BCUT2D eigenvalue weighted by Crippen LogP contribution is 2.27. The van der Waals surface area contributed by atoms with Gasteiger partial charge in [0.1, 0.15) is 10.6 Å². The van der Waals surface area contributed by atoms with Crippen LogP contribution < -0.4 is 26.2 Å². The molecule has 11 nitrogen and oxygen atoms in total. The van der Waals surface area contributed by atoms with Crippen LogP contribution in [0.5, 0.6) is 0 Å². The molecule has 0 aliphatic carbocycles. The third-order valence-electron chi connectivity index (χ3n) is 6.61. The van der Waals surface area contributed by atoms with E-state index in [2.05, 4.69) is 42.7 Å². The normalized spacial score (nSPS) is 13.3. The number of amides is 3. The molecule has 0 radical (unpaired) electrons. The number of anilines is 5. The van der Waals surface area contributed by atoms with E-state index in [1.807, 2.05) is 30.3 Å². The molecule has 1 fully saturated rings. The van der Waals surface area contributed by atoms with Crippen molar-refractivity contribution in [1.82, 2.24) is 25.5 Å². The Labute approximate surface area is 244 Å². The molecule has 41 heavy (non-hydrogen) atoms. The van der Waals surface area contributed by atoms with E-state index in [4.69, 9.17) is 11.6 Å². The number of nitrogens with one attached hydrogen (secondary N) is 4. The summed E-state index contributed by atoms with van der Waals surface area (Å²) < 4.78 is 0. The van der Waals surface area contributed by atoms with Crippen LogP contribution in [0.3, 0.4) is 0 Å². The third-order valence-corrected chi connectivity index (χ3v) is 6.88. The maximum atomic E-state index is 12.9. The molecule has 2 aromatic carbocycles. The van der Waals surface area contributed by atoms with Crippen molar-refractivity contribution in [3.8, 4) is 0 Å². The van der Waals surface area contributed by atoms with E-state index in [1.165, 1.54) is 6.20 Å². The Kier molecular flexibility index (Phi) is 9.08. The van der Waals surface area contributed by atoms with Crippen LogP contribution in [-0.2, 0) is 9.59 Å². The minimum absolute atomic E-state index is 0.124. The predicted octanol–water partition coefficient (Wildman–Crippen LogP) is 3.71. The zero-order valence-corrected chi connectivity index (χ0v) is 24.0. The summed E-state index contributed by atoms with van der Waals surface area (Å²) in [5.74, 6) is -0.0397. The highest BCUT2D eigenvalue weighted by molar-refractivity contribution is 6.33. The van der Waals surface area contributed by atoms with Crippen LogP contribution in [0, 0.1) is 0 Å². The Hall–Kier alpha value is -4.64. The summed E-state index contributed by atoms with van der Waals surface area (Å²) in [6.07, 6.45) is 2.65. The first-order valence-corrected chi connectivity index (χ1v) is 13.5. The fourth-order valence-corrected chi connectivity index (χ4v) is 4.57. The molecule has 1 aromatic heterocycles. The van der Waals surface area contributed by atoms with Crippen LogP contribution in [0.2, 0.25) is 5.02 Å². The maximum Gasteiger partial charge on any atom is 0.253 e. The molecule has 0 spiro atoms. The second-order valence-electron chi connectivity index (χ2n) is 9.91.